The lowest BCUT2D eigenvalue weighted by Gasteiger charge is -2.02. The Hall–Kier alpha value is -3.64. The van der Waals surface area contributed by atoms with Crippen LogP contribution < -0.4 is 0 Å². The van der Waals surface area contributed by atoms with Crippen molar-refractivity contribution in [3.63, 3.8) is 0 Å². The number of hydrogen-bond donors (Lipinski definition) is 0. The van der Waals surface area contributed by atoms with Crippen molar-refractivity contribution in [2.24, 2.45) is 0 Å². The molecule has 0 N–H and O–H groups in total. The van der Waals surface area contributed by atoms with E-state index in [1.807, 2.05) is 12.1 Å². The Kier molecular flexibility index (Phi) is 10.1. The van der Waals surface area contributed by atoms with Crippen molar-refractivity contribution in [3.8, 4) is 11.1 Å². The molecule has 0 nitrogen and oxygen atoms in total. The Balaban J connectivity index is 0.000000148. The molecule has 5 rings (SSSR count). The van der Waals surface area contributed by atoms with Crippen LogP contribution in [0.2, 0.25) is 0 Å². The molecule has 34 heavy (non-hydrogen) atoms. The first-order chi connectivity index (χ1) is 16.7. The molecule has 0 saturated heterocycles. The summed E-state index contributed by atoms with van der Waals surface area (Å²) in [6.07, 6.45) is 3.36. The average molecular weight is 445 g/mol. The largest absolute Gasteiger partial charge is 0.0622 e. The van der Waals surface area contributed by atoms with Gasteiger partial charge >= 0.3 is 0 Å². The lowest BCUT2D eigenvalue weighted by molar-refractivity contribution is 1.14. The van der Waals surface area contributed by atoms with E-state index in [4.69, 9.17) is 0 Å². The van der Waals surface area contributed by atoms with Crippen molar-refractivity contribution in [2.45, 2.75) is 40.0 Å². The van der Waals surface area contributed by atoms with Crippen molar-refractivity contribution in [3.05, 3.63) is 144 Å². The van der Waals surface area contributed by atoms with E-state index in [-0.39, 0.29) is 0 Å². The topological polar surface area (TPSA) is 0 Å². The summed E-state index contributed by atoms with van der Waals surface area (Å²) >= 11 is 0. The van der Waals surface area contributed by atoms with Crippen LogP contribution in [0.25, 0.3) is 21.9 Å². The number of benzene rings is 5. The minimum absolute atomic E-state index is 1.11. The Morgan fingerprint density at radius 2 is 0.882 bits per heavy atom. The van der Waals surface area contributed by atoms with Crippen molar-refractivity contribution in [1.82, 2.24) is 0 Å². The first kappa shape index (κ1) is 25.0. The molecular formula is C34H36. The number of hydrogen-bond acceptors (Lipinski definition) is 0. The zero-order valence-corrected chi connectivity index (χ0v) is 20.7. The molecule has 5 aromatic carbocycles. The van der Waals surface area contributed by atoms with Gasteiger partial charge in [-0.05, 0) is 57.9 Å². The maximum absolute atomic E-state index is 2.20. The van der Waals surface area contributed by atoms with Gasteiger partial charge in [-0.1, -0.05) is 148 Å². The molecule has 0 fully saturated rings. The summed E-state index contributed by atoms with van der Waals surface area (Å²) in [5.41, 5.74) is 6.82. The average Bonchev–Trinajstić information content (AvgIpc) is 2.94. The number of fused-ring (bicyclic) bond motifs is 1. The summed E-state index contributed by atoms with van der Waals surface area (Å²) < 4.78 is 0. The third-order valence-electron chi connectivity index (χ3n) is 5.98. The smallest absolute Gasteiger partial charge is 0.0152 e. The molecule has 0 unspecified atom stereocenters. The number of rotatable bonds is 4. The molecule has 0 aliphatic heterocycles. The molecule has 0 aromatic heterocycles. The fourth-order valence-corrected chi connectivity index (χ4v) is 3.88. The summed E-state index contributed by atoms with van der Waals surface area (Å²) in [5, 5.41) is 2.74. The standard InChI is InChI=1S/C14H14.C12H12.C8H10/c1-2-12-8-10-14(11-9-12)13-6-4-3-5-7-13;1-2-10-7-5-8-11-6-3-4-9-12(10)11;1-2-8-6-4-3-5-7-8/h3-11H,2H2,1H3;3-9H,2H2,1H3;3-7H,2H2,1H3. The van der Waals surface area contributed by atoms with Gasteiger partial charge in [-0.3, -0.25) is 0 Å². The van der Waals surface area contributed by atoms with Gasteiger partial charge in [0.05, 0.1) is 0 Å². The molecule has 0 saturated carbocycles. The molecule has 5 aromatic rings. The van der Waals surface area contributed by atoms with Crippen molar-refractivity contribution < 1.29 is 0 Å². The summed E-state index contributed by atoms with van der Waals surface area (Å²) in [5.74, 6) is 0. The van der Waals surface area contributed by atoms with E-state index in [1.54, 1.807) is 0 Å². The second-order valence-corrected chi connectivity index (χ2v) is 8.25. The zero-order valence-electron chi connectivity index (χ0n) is 20.7. The van der Waals surface area contributed by atoms with E-state index in [9.17, 15) is 0 Å². The summed E-state index contributed by atoms with van der Waals surface area (Å²) in [6, 6.07) is 44.7. The highest BCUT2D eigenvalue weighted by atomic mass is 14.0. The van der Waals surface area contributed by atoms with Crippen LogP contribution in [0.15, 0.2) is 127 Å². The predicted molar refractivity (Wildman–Crippen MR) is 150 cm³/mol. The predicted octanol–water partition coefficient (Wildman–Crippen LogP) is 9.57. The van der Waals surface area contributed by atoms with Crippen LogP contribution >= 0.6 is 0 Å². The van der Waals surface area contributed by atoms with Crippen LogP contribution in [0.1, 0.15) is 37.5 Å². The first-order valence-corrected chi connectivity index (χ1v) is 12.4. The second-order valence-electron chi connectivity index (χ2n) is 8.25. The Morgan fingerprint density at radius 3 is 1.47 bits per heavy atom. The molecule has 0 heteroatoms. The van der Waals surface area contributed by atoms with E-state index in [0.717, 1.165) is 19.3 Å². The van der Waals surface area contributed by atoms with E-state index in [0.29, 0.717) is 0 Å². The Labute approximate surface area is 205 Å². The van der Waals surface area contributed by atoms with E-state index < -0.39 is 0 Å². The van der Waals surface area contributed by atoms with Gasteiger partial charge in [0.25, 0.3) is 0 Å². The van der Waals surface area contributed by atoms with Gasteiger partial charge in [0.15, 0.2) is 0 Å². The number of aryl methyl sites for hydroxylation is 3. The van der Waals surface area contributed by atoms with Gasteiger partial charge in [0.1, 0.15) is 0 Å². The quantitative estimate of drug-likeness (QED) is 0.259. The van der Waals surface area contributed by atoms with Gasteiger partial charge in [-0.15, -0.1) is 0 Å². The normalized spacial score (nSPS) is 9.97. The monoisotopic (exact) mass is 444 g/mol. The molecule has 0 bridgehead atoms. The highest BCUT2D eigenvalue weighted by molar-refractivity contribution is 5.85. The highest BCUT2D eigenvalue weighted by Crippen LogP contribution is 2.19. The first-order valence-electron chi connectivity index (χ1n) is 12.4. The third-order valence-corrected chi connectivity index (χ3v) is 5.98. The molecule has 0 heterocycles. The Bertz CT molecular complexity index is 1210. The SMILES string of the molecule is CCc1ccc(-c2ccccc2)cc1.CCc1cccc2ccccc12.CCc1ccccc1. The lowest BCUT2D eigenvalue weighted by atomic mass is 10.0. The molecule has 0 atom stereocenters. The second kappa shape index (κ2) is 13.8. The van der Waals surface area contributed by atoms with Crippen LogP contribution in [0.3, 0.4) is 0 Å². The van der Waals surface area contributed by atoms with Gasteiger partial charge in [-0.2, -0.15) is 0 Å². The molecule has 0 radical (unpaired) electrons. The highest BCUT2D eigenvalue weighted by Gasteiger charge is 1.96. The van der Waals surface area contributed by atoms with E-state index in [2.05, 4.69) is 136 Å². The minimum atomic E-state index is 1.11. The summed E-state index contributed by atoms with van der Waals surface area (Å²) in [6.45, 7) is 6.54. The van der Waals surface area contributed by atoms with E-state index >= 15 is 0 Å². The Morgan fingerprint density at radius 1 is 0.382 bits per heavy atom. The van der Waals surface area contributed by atoms with Crippen molar-refractivity contribution in [2.75, 3.05) is 0 Å². The van der Waals surface area contributed by atoms with Crippen LogP contribution in [-0.4, -0.2) is 0 Å². The molecule has 0 amide bonds. The van der Waals surface area contributed by atoms with Crippen LogP contribution in [0.5, 0.6) is 0 Å². The maximum atomic E-state index is 2.20. The zero-order chi connectivity index (χ0) is 24.0. The molecular weight excluding hydrogens is 408 g/mol. The van der Waals surface area contributed by atoms with Crippen LogP contribution in [0.4, 0.5) is 0 Å². The van der Waals surface area contributed by atoms with E-state index in [1.165, 1.54) is 38.6 Å². The van der Waals surface area contributed by atoms with Gasteiger partial charge in [0, 0.05) is 0 Å². The summed E-state index contributed by atoms with van der Waals surface area (Å²) in [7, 11) is 0. The molecule has 0 aliphatic carbocycles. The third kappa shape index (κ3) is 7.46. The minimum Gasteiger partial charge on any atom is -0.0622 e. The van der Waals surface area contributed by atoms with Gasteiger partial charge < -0.3 is 0 Å². The fraction of sp³-hybridized carbons (Fsp3) is 0.176. The maximum Gasteiger partial charge on any atom is -0.0152 e. The van der Waals surface area contributed by atoms with Crippen LogP contribution in [-0.2, 0) is 19.3 Å². The van der Waals surface area contributed by atoms with Gasteiger partial charge in [-0.25, -0.2) is 0 Å². The van der Waals surface area contributed by atoms with Crippen molar-refractivity contribution >= 4 is 10.8 Å². The van der Waals surface area contributed by atoms with Crippen molar-refractivity contribution in [1.29, 1.82) is 0 Å². The summed E-state index contributed by atoms with van der Waals surface area (Å²) in [4.78, 5) is 0. The lowest BCUT2D eigenvalue weighted by Crippen LogP contribution is -1.81. The van der Waals surface area contributed by atoms with Crippen LogP contribution in [0, 0.1) is 0 Å². The fourth-order valence-electron chi connectivity index (χ4n) is 3.88. The molecule has 172 valence electrons. The molecule has 0 aliphatic rings. The van der Waals surface area contributed by atoms with Gasteiger partial charge in [0.2, 0.25) is 0 Å². The molecule has 0 spiro atoms.